The van der Waals surface area contributed by atoms with Gasteiger partial charge in [-0.1, -0.05) is 30.8 Å². The van der Waals surface area contributed by atoms with Crippen LogP contribution in [0.15, 0.2) is 33.9 Å². The van der Waals surface area contributed by atoms with E-state index >= 15 is 0 Å². The molecule has 1 N–H and O–H groups in total. The number of piperidine rings is 1. The van der Waals surface area contributed by atoms with Gasteiger partial charge in [0.25, 0.3) is 5.91 Å². The molecule has 158 valence electrons. The minimum atomic E-state index is -0.0582. The molecule has 2 aromatic rings. The molecule has 0 bridgehead atoms. The third kappa shape index (κ3) is 6.85. The largest absolute Gasteiger partial charge is 0.361 e. The van der Waals surface area contributed by atoms with E-state index in [0.29, 0.717) is 17.9 Å². The Bertz CT molecular complexity index is 785. The first-order valence-corrected chi connectivity index (χ1v) is 11.5. The van der Waals surface area contributed by atoms with Crippen LogP contribution in [-0.4, -0.2) is 47.1 Å². The van der Waals surface area contributed by atoms with Crippen LogP contribution < -0.4 is 5.32 Å². The molecule has 1 amide bonds. The van der Waals surface area contributed by atoms with Crippen molar-refractivity contribution in [3.63, 3.8) is 0 Å². The molecule has 0 aliphatic carbocycles. The van der Waals surface area contributed by atoms with Crippen molar-refractivity contribution < 1.29 is 9.32 Å². The number of carbonyl (C=O) groups is 1. The van der Waals surface area contributed by atoms with Crippen molar-refractivity contribution >= 4 is 17.7 Å². The molecule has 29 heavy (non-hydrogen) atoms. The summed E-state index contributed by atoms with van der Waals surface area (Å²) in [6, 6.07) is 5.53. The Morgan fingerprint density at radius 3 is 2.83 bits per heavy atom. The zero-order valence-corrected chi connectivity index (χ0v) is 18.5. The molecule has 2 unspecified atom stereocenters. The summed E-state index contributed by atoms with van der Waals surface area (Å²) in [5.41, 5.74) is 1.47. The van der Waals surface area contributed by atoms with Crippen LogP contribution in [-0.2, 0) is 5.75 Å². The van der Waals surface area contributed by atoms with E-state index in [0.717, 1.165) is 47.7 Å². The van der Waals surface area contributed by atoms with E-state index in [4.69, 9.17) is 4.52 Å². The zero-order valence-electron chi connectivity index (χ0n) is 17.7. The van der Waals surface area contributed by atoms with Crippen LogP contribution in [0.25, 0.3) is 0 Å². The summed E-state index contributed by atoms with van der Waals surface area (Å²) < 4.78 is 5.10. The van der Waals surface area contributed by atoms with Gasteiger partial charge in [0.05, 0.1) is 11.3 Å². The lowest BCUT2D eigenvalue weighted by molar-refractivity contribution is 0.0948. The average molecular weight is 417 g/mol. The molecule has 0 aromatic carbocycles. The fourth-order valence-corrected chi connectivity index (χ4v) is 4.91. The number of likely N-dealkylation sites (tertiary alicyclic amines) is 1. The third-order valence-corrected chi connectivity index (χ3v) is 6.22. The summed E-state index contributed by atoms with van der Waals surface area (Å²) in [6.45, 7) is 10.8. The van der Waals surface area contributed by atoms with Gasteiger partial charge in [-0.2, -0.15) is 0 Å². The van der Waals surface area contributed by atoms with Crippen LogP contribution >= 0.6 is 11.8 Å². The van der Waals surface area contributed by atoms with Crippen molar-refractivity contribution in [3.8, 4) is 0 Å². The number of thioether (sulfide) groups is 1. The number of hydrogen-bond donors (Lipinski definition) is 1. The van der Waals surface area contributed by atoms with E-state index in [2.05, 4.69) is 34.2 Å². The number of carbonyl (C=O) groups excluding carboxylic acids is 1. The highest BCUT2D eigenvalue weighted by molar-refractivity contribution is 7.98. The van der Waals surface area contributed by atoms with Crippen molar-refractivity contribution in [2.75, 3.05) is 26.2 Å². The number of aryl methyl sites for hydroxylation is 1. The standard InChI is InChI=1S/C22H32N4O2S/c1-16-11-17(2)14-26(13-16)10-5-4-8-23-21(27)20-7-6-9-24-22(20)29-15-19-12-18(3)28-25-19/h6-7,9,12,16-17H,4-5,8,10-11,13-15H2,1-3H3,(H,23,27). The molecule has 3 rings (SSSR count). The SMILES string of the molecule is Cc1cc(CSc2ncccc2C(=O)NCCCCN2CC(C)CC(C)C2)no1. The van der Waals surface area contributed by atoms with E-state index in [9.17, 15) is 4.79 Å². The number of pyridine rings is 1. The van der Waals surface area contributed by atoms with Gasteiger partial charge in [0.1, 0.15) is 10.8 Å². The van der Waals surface area contributed by atoms with Gasteiger partial charge in [-0.05, 0) is 56.7 Å². The molecular formula is C22H32N4O2S. The average Bonchev–Trinajstić information content (AvgIpc) is 3.10. The van der Waals surface area contributed by atoms with Gasteiger partial charge < -0.3 is 14.7 Å². The fraction of sp³-hybridized carbons (Fsp3) is 0.591. The zero-order chi connectivity index (χ0) is 20.6. The third-order valence-electron chi connectivity index (χ3n) is 5.18. The van der Waals surface area contributed by atoms with Crippen LogP contribution in [0.5, 0.6) is 0 Å². The summed E-state index contributed by atoms with van der Waals surface area (Å²) in [7, 11) is 0. The van der Waals surface area contributed by atoms with E-state index in [1.165, 1.54) is 31.3 Å². The van der Waals surface area contributed by atoms with Gasteiger partial charge in [-0.15, -0.1) is 0 Å². The van der Waals surface area contributed by atoms with Crippen molar-refractivity contribution in [2.45, 2.75) is 50.8 Å². The molecule has 0 radical (unpaired) electrons. The summed E-state index contributed by atoms with van der Waals surface area (Å²) >= 11 is 1.50. The van der Waals surface area contributed by atoms with Gasteiger partial charge >= 0.3 is 0 Å². The van der Waals surface area contributed by atoms with Crippen molar-refractivity contribution in [1.29, 1.82) is 0 Å². The highest BCUT2D eigenvalue weighted by atomic mass is 32.2. The van der Waals surface area contributed by atoms with Crippen molar-refractivity contribution in [2.24, 2.45) is 11.8 Å². The van der Waals surface area contributed by atoms with Gasteiger partial charge in [0.2, 0.25) is 0 Å². The second kappa shape index (κ2) is 10.8. The maximum Gasteiger partial charge on any atom is 0.254 e. The van der Waals surface area contributed by atoms with Gasteiger partial charge in [0.15, 0.2) is 0 Å². The normalized spacial score (nSPS) is 20.0. The lowest BCUT2D eigenvalue weighted by Crippen LogP contribution is -2.39. The van der Waals surface area contributed by atoms with Crippen LogP contribution in [0, 0.1) is 18.8 Å². The van der Waals surface area contributed by atoms with Crippen LogP contribution in [0.1, 0.15) is 54.9 Å². The summed E-state index contributed by atoms with van der Waals surface area (Å²) in [6.07, 6.45) is 5.16. The highest BCUT2D eigenvalue weighted by Crippen LogP contribution is 2.24. The van der Waals surface area contributed by atoms with E-state index < -0.39 is 0 Å². The number of aromatic nitrogens is 2. The van der Waals surface area contributed by atoms with Crippen LogP contribution in [0.4, 0.5) is 0 Å². The molecule has 1 saturated heterocycles. The second-order valence-corrected chi connectivity index (χ2v) is 9.21. The summed E-state index contributed by atoms with van der Waals surface area (Å²) in [5.74, 6) is 2.94. The van der Waals surface area contributed by atoms with E-state index in [1.807, 2.05) is 19.1 Å². The molecular weight excluding hydrogens is 384 g/mol. The number of nitrogens with one attached hydrogen (secondary N) is 1. The molecule has 3 heterocycles. The molecule has 7 heteroatoms. The van der Waals surface area contributed by atoms with Crippen LogP contribution in [0.3, 0.4) is 0 Å². The minimum absolute atomic E-state index is 0.0582. The first-order valence-electron chi connectivity index (χ1n) is 10.5. The smallest absolute Gasteiger partial charge is 0.254 e. The predicted molar refractivity (Wildman–Crippen MR) is 116 cm³/mol. The molecule has 2 aromatic heterocycles. The maximum atomic E-state index is 12.6. The second-order valence-electron chi connectivity index (χ2n) is 8.24. The first-order chi connectivity index (χ1) is 14.0. The van der Waals surface area contributed by atoms with Crippen molar-refractivity contribution in [3.05, 3.63) is 41.4 Å². The lowest BCUT2D eigenvalue weighted by atomic mass is 9.92. The predicted octanol–water partition coefficient (Wildman–Crippen LogP) is 4.16. The molecule has 1 fully saturated rings. The molecule has 1 aliphatic rings. The van der Waals surface area contributed by atoms with Crippen molar-refractivity contribution in [1.82, 2.24) is 20.4 Å². The lowest BCUT2D eigenvalue weighted by Gasteiger charge is -2.34. The molecule has 1 aliphatic heterocycles. The molecule has 2 atom stereocenters. The number of rotatable bonds is 9. The highest BCUT2D eigenvalue weighted by Gasteiger charge is 2.21. The topological polar surface area (TPSA) is 71.3 Å². The molecule has 0 saturated carbocycles. The van der Waals surface area contributed by atoms with Crippen LogP contribution in [0.2, 0.25) is 0 Å². The monoisotopic (exact) mass is 416 g/mol. The van der Waals surface area contributed by atoms with E-state index in [-0.39, 0.29) is 5.91 Å². The number of amides is 1. The molecule has 0 spiro atoms. The quantitative estimate of drug-likeness (QED) is 0.489. The fourth-order valence-electron chi connectivity index (χ4n) is 4.04. The molecule has 6 nitrogen and oxygen atoms in total. The Morgan fingerprint density at radius 1 is 1.31 bits per heavy atom. The summed E-state index contributed by atoms with van der Waals surface area (Å²) in [4.78, 5) is 19.6. The minimum Gasteiger partial charge on any atom is -0.361 e. The Morgan fingerprint density at radius 2 is 2.10 bits per heavy atom. The number of unbranched alkanes of at least 4 members (excludes halogenated alkanes) is 1. The van der Waals surface area contributed by atoms with Gasteiger partial charge in [0, 0.05) is 37.7 Å². The van der Waals surface area contributed by atoms with E-state index in [1.54, 1.807) is 12.3 Å². The first kappa shape index (κ1) is 21.8. The Hall–Kier alpha value is -1.86. The number of nitrogens with zero attached hydrogens (tertiary/aromatic N) is 3. The maximum absolute atomic E-state index is 12.6. The Balaban J connectivity index is 1.41. The van der Waals surface area contributed by atoms with Gasteiger partial charge in [-0.3, -0.25) is 4.79 Å². The Labute approximate surface area is 177 Å². The summed E-state index contributed by atoms with van der Waals surface area (Å²) in [5, 5.41) is 7.77. The Kier molecular flexibility index (Phi) is 8.12. The number of hydrogen-bond acceptors (Lipinski definition) is 6. The van der Waals surface area contributed by atoms with Gasteiger partial charge in [-0.25, -0.2) is 4.98 Å².